The Bertz CT molecular complexity index is 284. The predicted octanol–water partition coefficient (Wildman–Crippen LogP) is 4.36. The van der Waals surface area contributed by atoms with Crippen molar-refractivity contribution in [1.29, 1.82) is 0 Å². The first-order valence-electron chi connectivity index (χ1n) is 7.50. The van der Waals surface area contributed by atoms with E-state index in [-0.39, 0.29) is 0 Å². The van der Waals surface area contributed by atoms with Gasteiger partial charge in [-0.1, -0.05) is 6.92 Å². The summed E-state index contributed by atoms with van der Waals surface area (Å²) in [7, 11) is -1.43. The van der Waals surface area contributed by atoms with Gasteiger partial charge in [-0.05, 0) is 56.8 Å². The molecule has 2 aliphatic heterocycles. The summed E-state index contributed by atoms with van der Waals surface area (Å²) in [6, 6.07) is 0. The van der Waals surface area contributed by atoms with Gasteiger partial charge in [0.1, 0.15) is 0 Å². The smallest absolute Gasteiger partial charge is 0.184 e. The molecule has 0 aromatic rings. The average molecular weight is 321 g/mol. The van der Waals surface area contributed by atoms with E-state index in [0.29, 0.717) is 16.3 Å². The van der Waals surface area contributed by atoms with Crippen LogP contribution in [0.15, 0.2) is 0 Å². The summed E-state index contributed by atoms with van der Waals surface area (Å²) in [6.45, 7) is 10.1. The lowest BCUT2D eigenvalue weighted by atomic mass is 10.1. The van der Waals surface area contributed by atoms with Gasteiger partial charge in [-0.15, -0.1) is 23.5 Å². The molecule has 0 spiro atoms. The van der Waals surface area contributed by atoms with E-state index in [1.165, 1.54) is 30.8 Å². The Morgan fingerprint density at radius 3 is 2.42 bits per heavy atom. The van der Waals surface area contributed by atoms with Gasteiger partial charge < -0.3 is 9.16 Å². The molecule has 0 amide bonds. The zero-order valence-electron chi connectivity index (χ0n) is 12.7. The fraction of sp³-hybridized carbons (Fsp3) is 1.00. The maximum atomic E-state index is 6.39. The van der Waals surface area contributed by atoms with Gasteiger partial charge in [0, 0.05) is 6.10 Å². The Morgan fingerprint density at radius 1 is 1.32 bits per heavy atom. The molecule has 2 nitrogen and oxygen atoms in total. The summed E-state index contributed by atoms with van der Waals surface area (Å²) in [5.41, 5.74) is 0. The standard InChI is InChI=1S/C14H28O2S2Si/c1-5-12(16-19(2,3)4)9-14(10-13-11-15-13)17-7-6-8-18-14/h12-13H,5-11H2,1-4H3/t12-,13-/m1/s1. The van der Waals surface area contributed by atoms with Crippen molar-refractivity contribution < 1.29 is 9.16 Å². The van der Waals surface area contributed by atoms with Crippen LogP contribution in [0.25, 0.3) is 0 Å². The molecule has 112 valence electrons. The first kappa shape index (κ1) is 16.2. The van der Waals surface area contributed by atoms with Gasteiger partial charge in [-0.2, -0.15) is 0 Å². The molecule has 0 bridgehead atoms. The van der Waals surface area contributed by atoms with Crippen LogP contribution >= 0.6 is 23.5 Å². The second kappa shape index (κ2) is 6.73. The number of ether oxygens (including phenoxy) is 1. The molecule has 0 aliphatic carbocycles. The van der Waals surface area contributed by atoms with Crippen molar-refractivity contribution in [3.8, 4) is 0 Å². The van der Waals surface area contributed by atoms with Crippen LogP contribution < -0.4 is 0 Å². The third-order valence-corrected chi connectivity index (χ3v) is 7.93. The lowest BCUT2D eigenvalue weighted by molar-refractivity contribution is 0.172. The van der Waals surface area contributed by atoms with E-state index in [9.17, 15) is 0 Å². The summed E-state index contributed by atoms with van der Waals surface area (Å²) < 4.78 is 12.2. The minimum absolute atomic E-state index is 0.361. The van der Waals surface area contributed by atoms with Gasteiger partial charge in [0.2, 0.25) is 0 Å². The molecule has 0 unspecified atom stereocenters. The van der Waals surface area contributed by atoms with Crippen LogP contribution in [0.1, 0.15) is 32.6 Å². The quantitative estimate of drug-likeness (QED) is 0.513. The van der Waals surface area contributed by atoms with Crippen LogP contribution in [-0.2, 0) is 9.16 Å². The number of hydrogen-bond donors (Lipinski definition) is 0. The van der Waals surface area contributed by atoms with Crippen LogP contribution in [-0.4, -0.2) is 42.7 Å². The van der Waals surface area contributed by atoms with Gasteiger partial charge in [0.25, 0.3) is 0 Å². The van der Waals surface area contributed by atoms with E-state index in [0.717, 1.165) is 13.0 Å². The topological polar surface area (TPSA) is 21.8 Å². The minimum Gasteiger partial charge on any atom is -0.415 e. The van der Waals surface area contributed by atoms with Crippen molar-refractivity contribution in [3.63, 3.8) is 0 Å². The third-order valence-electron chi connectivity index (χ3n) is 3.47. The number of thioether (sulfide) groups is 2. The Hall–Kier alpha value is 0.837. The second-order valence-electron chi connectivity index (χ2n) is 6.59. The molecule has 2 aliphatic rings. The fourth-order valence-corrected chi connectivity index (χ4v) is 7.39. The molecule has 2 saturated heterocycles. The molecule has 2 fully saturated rings. The fourth-order valence-electron chi connectivity index (χ4n) is 2.58. The molecule has 0 N–H and O–H groups in total. The van der Waals surface area contributed by atoms with Crippen molar-refractivity contribution in [3.05, 3.63) is 0 Å². The van der Waals surface area contributed by atoms with E-state index in [2.05, 4.69) is 50.1 Å². The molecule has 19 heavy (non-hydrogen) atoms. The Morgan fingerprint density at radius 2 is 1.95 bits per heavy atom. The molecular formula is C14H28O2S2Si. The average Bonchev–Trinajstić information content (AvgIpc) is 3.11. The van der Waals surface area contributed by atoms with Gasteiger partial charge >= 0.3 is 0 Å². The Labute approximate surface area is 127 Å². The summed E-state index contributed by atoms with van der Waals surface area (Å²) in [4.78, 5) is 0. The van der Waals surface area contributed by atoms with E-state index in [1.807, 2.05) is 0 Å². The molecule has 5 heteroatoms. The van der Waals surface area contributed by atoms with Crippen LogP contribution in [0.4, 0.5) is 0 Å². The number of rotatable bonds is 7. The third kappa shape index (κ3) is 5.62. The minimum atomic E-state index is -1.43. The van der Waals surface area contributed by atoms with Gasteiger partial charge in [-0.3, -0.25) is 0 Å². The lowest BCUT2D eigenvalue weighted by Crippen LogP contribution is -2.38. The first-order valence-corrected chi connectivity index (χ1v) is 12.9. The summed E-state index contributed by atoms with van der Waals surface area (Å²) in [6.07, 6.45) is 5.87. The van der Waals surface area contributed by atoms with Crippen molar-refractivity contribution in [2.45, 2.75) is 68.5 Å². The molecule has 0 aromatic heterocycles. The van der Waals surface area contributed by atoms with Crippen LogP contribution in [0.3, 0.4) is 0 Å². The van der Waals surface area contributed by atoms with E-state index < -0.39 is 8.32 Å². The number of hydrogen-bond acceptors (Lipinski definition) is 4. The highest BCUT2D eigenvalue weighted by Crippen LogP contribution is 2.50. The maximum absolute atomic E-state index is 6.39. The molecule has 2 heterocycles. The van der Waals surface area contributed by atoms with Crippen LogP contribution in [0, 0.1) is 0 Å². The molecule has 0 radical (unpaired) electrons. The molecule has 2 atom stereocenters. The van der Waals surface area contributed by atoms with Gasteiger partial charge in [-0.25, -0.2) is 0 Å². The van der Waals surface area contributed by atoms with Crippen molar-refractivity contribution >= 4 is 31.8 Å². The van der Waals surface area contributed by atoms with Crippen molar-refractivity contribution in [2.24, 2.45) is 0 Å². The van der Waals surface area contributed by atoms with Gasteiger partial charge in [0.05, 0.1) is 16.8 Å². The summed E-state index contributed by atoms with van der Waals surface area (Å²) >= 11 is 4.33. The predicted molar refractivity (Wildman–Crippen MR) is 89.7 cm³/mol. The Kier molecular flexibility index (Phi) is 5.74. The van der Waals surface area contributed by atoms with Crippen molar-refractivity contribution in [1.82, 2.24) is 0 Å². The Balaban J connectivity index is 1.96. The van der Waals surface area contributed by atoms with Gasteiger partial charge in [0.15, 0.2) is 8.32 Å². The zero-order chi connectivity index (χ0) is 13.9. The summed E-state index contributed by atoms with van der Waals surface area (Å²) in [5, 5.41) is 0. The molecule has 2 rings (SSSR count). The van der Waals surface area contributed by atoms with E-state index in [4.69, 9.17) is 9.16 Å². The van der Waals surface area contributed by atoms with Crippen LogP contribution in [0.5, 0.6) is 0 Å². The van der Waals surface area contributed by atoms with Crippen LogP contribution in [0.2, 0.25) is 19.6 Å². The normalized spacial score (nSPS) is 28.1. The van der Waals surface area contributed by atoms with Crippen molar-refractivity contribution in [2.75, 3.05) is 18.1 Å². The highest BCUT2D eigenvalue weighted by atomic mass is 32.2. The monoisotopic (exact) mass is 320 g/mol. The molecular weight excluding hydrogens is 292 g/mol. The lowest BCUT2D eigenvalue weighted by Gasteiger charge is -2.39. The highest BCUT2D eigenvalue weighted by molar-refractivity contribution is 8.18. The second-order valence-corrected chi connectivity index (χ2v) is 14.3. The first-order chi connectivity index (χ1) is 8.92. The van der Waals surface area contributed by atoms with E-state index in [1.54, 1.807) is 0 Å². The number of epoxide rings is 1. The zero-order valence-corrected chi connectivity index (χ0v) is 15.4. The van der Waals surface area contributed by atoms with E-state index >= 15 is 0 Å². The largest absolute Gasteiger partial charge is 0.415 e. The highest BCUT2D eigenvalue weighted by Gasteiger charge is 2.42. The molecule has 0 saturated carbocycles. The maximum Gasteiger partial charge on any atom is 0.184 e. The summed E-state index contributed by atoms with van der Waals surface area (Å²) in [5.74, 6) is 2.62. The molecule has 0 aromatic carbocycles. The SMILES string of the molecule is CC[C@H](CC1(C[C@@H]2CO2)SCCCS1)O[Si](C)(C)C.